The average Bonchev–Trinajstić information content (AvgIpc) is 2.49. The van der Waals surface area contributed by atoms with Crippen molar-refractivity contribution in [3.63, 3.8) is 0 Å². The van der Waals surface area contributed by atoms with Gasteiger partial charge in [0.25, 0.3) is 0 Å². The number of oxime groups is 1. The topological polar surface area (TPSA) is 56.8 Å². The molecule has 20 heavy (non-hydrogen) atoms. The second kappa shape index (κ2) is 9.23. The summed E-state index contributed by atoms with van der Waals surface area (Å²) in [5, 5.41) is 3.71. The Morgan fingerprint density at radius 2 is 2.05 bits per heavy atom. The summed E-state index contributed by atoms with van der Waals surface area (Å²) in [7, 11) is 1.52. The molecule has 0 amide bonds. The minimum atomic E-state index is -0.659. The summed E-state index contributed by atoms with van der Waals surface area (Å²) in [6.45, 7) is 1.35. The average molecular weight is 280 g/mol. The predicted octanol–water partition coefficient (Wildman–Crippen LogP) is 3.05. The molecule has 0 aliphatic rings. The summed E-state index contributed by atoms with van der Waals surface area (Å²) in [5.41, 5.74) is 7.47. The molecule has 0 bridgehead atoms. The van der Waals surface area contributed by atoms with Gasteiger partial charge in [-0.1, -0.05) is 36.3 Å². The van der Waals surface area contributed by atoms with Gasteiger partial charge in [0.1, 0.15) is 12.9 Å². The highest BCUT2D eigenvalue weighted by Crippen LogP contribution is 2.20. The first kappa shape index (κ1) is 16.3. The van der Waals surface area contributed by atoms with Gasteiger partial charge in [0.15, 0.2) is 0 Å². The van der Waals surface area contributed by atoms with Gasteiger partial charge in [-0.25, -0.2) is 4.39 Å². The Bertz CT molecular complexity index is 432. The van der Waals surface area contributed by atoms with E-state index in [1.807, 2.05) is 31.2 Å². The number of benzene rings is 1. The quantitative estimate of drug-likeness (QED) is 0.452. The van der Waals surface area contributed by atoms with E-state index >= 15 is 0 Å². The molecule has 0 aliphatic heterocycles. The molecule has 110 valence electrons. The largest absolute Gasteiger partial charge is 0.375 e. The van der Waals surface area contributed by atoms with Crippen LogP contribution in [0.5, 0.6) is 0 Å². The van der Waals surface area contributed by atoms with Crippen LogP contribution in [0.4, 0.5) is 4.39 Å². The summed E-state index contributed by atoms with van der Waals surface area (Å²) in [6, 6.07) is 6.83. The summed E-state index contributed by atoms with van der Waals surface area (Å²) >= 11 is 0. The van der Waals surface area contributed by atoms with E-state index in [0.717, 1.165) is 17.5 Å². The molecule has 0 heterocycles. The molecule has 1 aromatic carbocycles. The number of alkyl halides is 1. The third-order valence-electron chi connectivity index (χ3n) is 2.73. The van der Waals surface area contributed by atoms with Gasteiger partial charge in [0.2, 0.25) is 0 Å². The van der Waals surface area contributed by atoms with Crippen molar-refractivity contribution in [1.82, 2.24) is 0 Å². The molecule has 1 aromatic rings. The molecular weight excluding hydrogens is 259 g/mol. The van der Waals surface area contributed by atoms with Crippen LogP contribution in [0.3, 0.4) is 0 Å². The highest BCUT2D eigenvalue weighted by atomic mass is 19.1. The van der Waals surface area contributed by atoms with E-state index in [9.17, 15) is 4.39 Å². The van der Waals surface area contributed by atoms with Crippen LogP contribution in [-0.2, 0) is 9.57 Å². The Morgan fingerprint density at radius 1 is 1.35 bits per heavy atom. The van der Waals surface area contributed by atoms with Gasteiger partial charge in [-0.05, 0) is 23.6 Å². The second-order valence-corrected chi connectivity index (χ2v) is 4.25. The molecule has 2 atom stereocenters. The minimum absolute atomic E-state index is 0.441. The molecule has 0 spiro atoms. The molecule has 1 rings (SSSR count). The van der Waals surface area contributed by atoms with Crippen molar-refractivity contribution < 1.29 is 14.0 Å². The lowest BCUT2D eigenvalue weighted by atomic mass is 10.0. The van der Waals surface area contributed by atoms with Crippen LogP contribution in [-0.4, -0.2) is 26.0 Å². The summed E-state index contributed by atoms with van der Waals surface area (Å²) in [6.07, 6.45) is 5.35. The van der Waals surface area contributed by atoms with Crippen LogP contribution in [0.1, 0.15) is 30.6 Å². The van der Waals surface area contributed by atoms with Crippen LogP contribution < -0.4 is 5.73 Å². The molecule has 2 N–H and O–H groups in total. The Hall–Kier alpha value is -1.72. The molecule has 0 saturated heterocycles. The lowest BCUT2D eigenvalue weighted by Crippen LogP contribution is -2.31. The van der Waals surface area contributed by atoms with Crippen LogP contribution in [0, 0.1) is 0 Å². The number of halogens is 1. The first-order valence-electron chi connectivity index (χ1n) is 6.51. The Kier molecular flexibility index (Phi) is 7.54. The summed E-state index contributed by atoms with van der Waals surface area (Å²) in [4.78, 5) is 4.93. The van der Waals surface area contributed by atoms with Gasteiger partial charge in [0, 0.05) is 13.3 Å². The number of rotatable bonds is 8. The van der Waals surface area contributed by atoms with E-state index in [-0.39, 0.29) is 0 Å². The van der Waals surface area contributed by atoms with E-state index in [4.69, 9.17) is 15.3 Å². The van der Waals surface area contributed by atoms with Crippen molar-refractivity contribution in [1.29, 1.82) is 0 Å². The van der Waals surface area contributed by atoms with Crippen molar-refractivity contribution in [3.05, 3.63) is 41.7 Å². The highest BCUT2D eigenvalue weighted by molar-refractivity contribution is 5.55. The lowest BCUT2D eigenvalue weighted by molar-refractivity contribution is 0.0721. The van der Waals surface area contributed by atoms with Gasteiger partial charge in [-0.3, -0.25) is 0 Å². The molecule has 2 unspecified atom stereocenters. The van der Waals surface area contributed by atoms with Crippen LogP contribution in [0.25, 0.3) is 6.08 Å². The Balaban J connectivity index is 2.65. The van der Waals surface area contributed by atoms with Crippen LogP contribution >= 0.6 is 0 Å². The first-order chi connectivity index (χ1) is 9.72. The third-order valence-corrected chi connectivity index (χ3v) is 2.73. The van der Waals surface area contributed by atoms with Crippen LogP contribution in [0.15, 0.2) is 35.7 Å². The fourth-order valence-electron chi connectivity index (χ4n) is 1.70. The number of hydrogen-bond donors (Lipinski definition) is 1. The molecule has 0 aromatic heterocycles. The lowest BCUT2D eigenvalue weighted by Gasteiger charge is -2.20. The molecule has 0 saturated carbocycles. The summed E-state index contributed by atoms with van der Waals surface area (Å²) < 4.78 is 17.8. The zero-order chi connectivity index (χ0) is 14.8. The van der Waals surface area contributed by atoms with Crippen molar-refractivity contribution in [2.75, 3.05) is 13.8 Å². The molecule has 5 heteroatoms. The van der Waals surface area contributed by atoms with E-state index in [1.165, 1.54) is 13.4 Å². The van der Waals surface area contributed by atoms with Crippen LogP contribution in [0.2, 0.25) is 0 Å². The number of ether oxygens (including phenoxy) is 1. The SMILES string of the molecule is CC/C=N\O/C=C/c1ccc(C(OC)C(N)CF)cc1. The maximum atomic E-state index is 12.6. The van der Waals surface area contributed by atoms with Crippen molar-refractivity contribution >= 4 is 12.3 Å². The third kappa shape index (κ3) is 5.11. The normalized spacial score (nSPS) is 14.8. The molecule has 0 fully saturated rings. The number of hydrogen-bond acceptors (Lipinski definition) is 4. The maximum absolute atomic E-state index is 12.6. The van der Waals surface area contributed by atoms with E-state index in [1.54, 1.807) is 12.3 Å². The van der Waals surface area contributed by atoms with Gasteiger partial charge >= 0.3 is 0 Å². The molecular formula is C15H21FN2O2. The fraction of sp³-hybridized carbons (Fsp3) is 0.400. The van der Waals surface area contributed by atoms with Crippen molar-refractivity contribution in [2.24, 2.45) is 10.9 Å². The number of methoxy groups -OCH3 is 1. The zero-order valence-corrected chi connectivity index (χ0v) is 11.8. The first-order valence-corrected chi connectivity index (χ1v) is 6.51. The Morgan fingerprint density at radius 3 is 2.60 bits per heavy atom. The molecule has 0 aliphatic carbocycles. The van der Waals surface area contributed by atoms with E-state index < -0.39 is 18.8 Å². The number of nitrogens with two attached hydrogens (primary N) is 1. The van der Waals surface area contributed by atoms with Gasteiger partial charge in [0.05, 0.1) is 12.1 Å². The van der Waals surface area contributed by atoms with E-state index in [2.05, 4.69) is 5.16 Å². The molecule has 0 radical (unpaired) electrons. The standard InChI is InChI=1S/C15H21FN2O2/c1-3-9-18-20-10-8-12-4-6-13(7-5-12)15(19-2)14(17)11-16/h4-10,14-15H,3,11,17H2,1-2H3/b10-8+,18-9-. The smallest absolute Gasteiger partial charge is 0.122 e. The fourth-order valence-corrected chi connectivity index (χ4v) is 1.70. The number of nitrogens with zero attached hydrogens (tertiary/aromatic N) is 1. The highest BCUT2D eigenvalue weighted by Gasteiger charge is 2.18. The minimum Gasteiger partial charge on any atom is -0.375 e. The Labute approximate surface area is 119 Å². The maximum Gasteiger partial charge on any atom is 0.122 e. The zero-order valence-electron chi connectivity index (χ0n) is 11.8. The van der Waals surface area contributed by atoms with Crippen molar-refractivity contribution in [2.45, 2.75) is 25.5 Å². The molecule has 4 nitrogen and oxygen atoms in total. The van der Waals surface area contributed by atoms with Crippen molar-refractivity contribution in [3.8, 4) is 0 Å². The summed E-state index contributed by atoms with van der Waals surface area (Å²) in [5.74, 6) is 0. The van der Waals surface area contributed by atoms with Gasteiger partial charge < -0.3 is 15.3 Å². The van der Waals surface area contributed by atoms with Gasteiger partial charge in [-0.2, -0.15) is 0 Å². The second-order valence-electron chi connectivity index (χ2n) is 4.25. The predicted molar refractivity (Wildman–Crippen MR) is 79.0 cm³/mol. The van der Waals surface area contributed by atoms with Gasteiger partial charge in [-0.15, -0.1) is 0 Å². The van der Waals surface area contributed by atoms with E-state index in [0.29, 0.717) is 0 Å². The monoisotopic (exact) mass is 280 g/mol.